The highest BCUT2D eigenvalue weighted by molar-refractivity contribution is 7.22. The molecule has 0 aliphatic carbocycles. The van der Waals surface area contributed by atoms with Gasteiger partial charge in [-0.3, -0.25) is 0 Å². The molecule has 0 bridgehead atoms. The number of aromatic nitrogens is 1. The number of fused-ring (bicyclic) bond motifs is 1. The summed E-state index contributed by atoms with van der Waals surface area (Å²) in [6, 6.07) is 15.3. The predicted octanol–water partition coefficient (Wildman–Crippen LogP) is 4.62. The van der Waals surface area contributed by atoms with Gasteiger partial charge < -0.3 is 10.1 Å². The summed E-state index contributed by atoms with van der Waals surface area (Å²) in [5.74, 6) is 6.10. The fraction of sp³-hybridized carbons (Fsp3) is 0.158. The molecule has 0 radical (unpaired) electrons. The lowest BCUT2D eigenvalue weighted by Crippen LogP contribution is -2.24. The number of hydrogen-bond donors (Lipinski definition) is 1. The third-order valence-electron chi connectivity index (χ3n) is 3.33. The van der Waals surface area contributed by atoms with Crippen molar-refractivity contribution in [1.29, 1.82) is 0 Å². The van der Waals surface area contributed by atoms with E-state index in [1.807, 2.05) is 48.5 Å². The maximum Gasteiger partial charge on any atom is 0.407 e. The second-order valence-corrected chi connectivity index (χ2v) is 6.80. The second-order valence-electron chi connectivity index (χ2n) is 5.19. The molecule has 1 aromatic heterocycles. The molecule has 3 rings (SSSR count). The van der Waals surface area contributed by atoms with Crippen LogP contribution in [-0.4, -0.2) is 17.6 Å². The van der Waals surface area contributed by atoms with Crippen LogP contribution in [0.5, 0.6) is 0 Å². The summed E-state index contributed by atoms with van der Waals surface area (Å²) in [6.07, 6.45) is 0.105. The van der Waals surface area contributed by atoms with Gasteiger partial charge in [-0.05, 0) is 23.8 Å². The third kappa shape index (κ3) is 5.21. The van der Waals surface area contributed by atoms with Crippen LogP contribution < -0.4 is 5.32 Å². The number of hydrogen-bond acceptors (Lipinski definition) is 4. The molecular weight excluding hydrogens is 356 g/mol. The Balaban J connectivity index is 1.42. The Morgan fingerprint density at radius 2 is 2.08 bits per heavy atom. The highest BCUT2D eigenvalue weighted by Crippen LogP contribution is 2.26. The Bertz CT molecular complexity index is 929. The lowest BCUT2D eigenvalue weighted by atomic mass is 10.2. The van der Waals surface area contributed by atoms with E-state index in [1.54, 1.807) is 0 Å². The summed E-state index contributed by atoms with van der Waals surface area (Å²) >= 11 is 7.33. The number of benzene rings is 2. The monoisotopic (exact) mass is 370 g/mol. The number of alkyl carbamates (subject to hydrolysis) is 1. The van der Waals surface area contributed by atoms with E-state index in [9.17, 15) is 4.79 Å². The molecule has 0 saturated carbocycles. The Kier molecular flexibility index (Phi) is 5.89. The highest BCUT2D eigenvalue weighted by atomic mass is 35.5. The average Bonchev–Trinajstić information content (AvgIpc) is 3.00. The average molecular weight is 371 g/mol. The maximum absolute atomic E-state index is 11.6. The van der Waals surface area contributed by atoms with Crippen LogP contribution in [0.4, 0.5) is 4.79 Å². The van der Waals surface area contributed by atoms with E-state index in [2.05, 4.69) is 22.1 Å². The Morgan fingerprint density at radius 1 is 1.24 bits per heavy atom. The molecule has 2 aromatic carbocycles. The van der Waals surface area contributed by atoms with Gasteiger partial charge in [0, 0.05) is 18.5 Å². The van der Waals surface area contributed by atoms with Crippen molar-refractivity contribution in [1.82, 2.24) is 10.3 Å². The first kappa shape index (κ1) is 17.3. The summed E-state index contributed by atoms with van der Waals surface area (Å²) in [4.78, 5) is 15.8. The van der Waals surface area contributed by atoms with Crippen molar-refractivity contribution in [3.8, 4) is 11.8 Å². The van der Waals surface area contributed by atoms with Crippen molar-refractivity contribution >= 4 is 39.2 Å². The quantitative estimate of drug-likeness (QED) is 0.538. The summed E-state index contributed by atoms with van der Waals surface area (Å²) in [5, 5.41) is 2.68. The van der Waals surface area contributed by atoms with E-state index in [1.165, 1.54) is 11.3 Å². The minimum atomic E-state index is -0.439. The van der Waals surface area contributed by atoms with Gasteiger partial charge in [-0.1, -0.05) is 53.8 Å². The lowest BCUT2D eigenvalue weighted by molar-refractivity contribution is 0.140. The third-order valence-corrected chi connectivity index (χ3v) is 4.45. The fourth-order valence-corrected chi connectivity index (χ4v) is 3.21. The van der Waals surface area contributed by atoms with Gasteiger partial charge in [0.1, 0.15) is 6.61 Å². The molecule has 1 amide bonds. The number of amides is 1. The first-order valence-electron chi connectivity index (χ1n) is 7.70. The van der Waals surface area contributed by atoms with Crippen molar-refractivity contribution < 1.29 is 9.53 Å². The summed E-state index contributed by atoms with van der Waals surface area (Å²) in [7, 11) is 0. The van der Waals surface area contributed by atoms with Gasteiger partial charge in [-0.15, -0.1) is 11.3 Å². The van der Waals surface area contributed by atoms with E-state index in [4.69, 9.17) is 16.3 Å². The Morgan fingerprint density at radius 3 is 2.92 bits per heavy atom. The zero-order valence-electron chi connectivity index (χ0n) is 13.3. The minimum absolute atomic E-state index is 0.260. The minimum Gasteiger partial charge on any atom is -0.445 e. The molecule has 126 valence electrons. The van der Waals surface area contributed by atoms with Crippen molar-refractivity contribution in [2.45, 2.75) is 13.0 Å². The van der Waals surface area contributed by atoms with Gasteiger partial charge in [-0.25, -0.2) is 9.78 Å². The maximum atomic E-state index is 11.6. The fourth-order valence-electron chi connectivity index (χ4n) is 2.14. The van der Waals surface area contributed by atoms with E-state index < -0.39 is 6.09 Å². The molecule has 25 heavy (non-hydrogen) atoms. The number of thiazole rings is 1. The zero-order chi connectivity index (χ0) is 17.5. The molecule has 0 aliphatic rings. The molecule has 0 fully saturated rings. The first-order chi connectivity index (χ1) is 12.2. The van der Waals surface area contributed by atoms with Crippen LogP contribution in [0.2, 0.25) is 4.47 Å². The van der Waals surface area contributed by atoms with Gasteiger partial charge in [0.2, 0.25) is 0 Å². The molecular formula is C19H15ClN2O2S. The lowest BCUT2D eigenvalue weighted by Gasteiger charge is -2.05. The largest absolute Gasteiger partial charge is 0.445 e. The van der Waals surface area contributed by atoms with Crippen LogP contribution in [0.3, 0.4) is 0 Å². The number of rotatable bonds is 4. The van der Waals surface area contributed by atoms with Gasteiger partial charge in [0.25, 0.3) is 0 Å². The van der Waals surface area contributed by atoms with Crippen LogP contribution in [0.15, 0.2) is 48.5 Å². The van der Waals surface area contributed by atoms with Gasteiger partial charge in [0.15, 0.2) is 4.47 Å². The van der Waals surface area contributed by atoms with Gasteiger partial charge >= 0.3 is 6.09 Å². The summed E-state index contributed by atoms with van der Waals surface area (Å²) in [6.45, 7) is 0.699. The Hall–Kier alpha value is -2.55. The molecule has 6 heteroatoms. The second kappa shape index (κ2) is 8.52. The predicted molar refractivity (Wildman–Crippen MR) is 101 cm³/mol. The van der Waals surface area contributed by atoms with E-state index in [0.29, 0.717) is 17.4 Å². The smallest absolute Gasteiger partial charge is 0.407 e. The van der Waals surface area contributed by atoms with E-state index in [-0.39, 0.29) is 6.61 Å². The normalized spacial score (nSPS) is 10.1. The van der Waals surface area contributed by atoms with Crippen LogP contribution >= 0.6 is 22.9 Å². The molecule has 0 atom stereocenters. The van der Waals surface area contributed by atoms with E-state index in [0.717, 1.165) is 21.3 Å². The molecule has 0 aliphatic heterocycles. The molecule has 3 aromatic rings. The van der Waals surface area contributed by atoms with Crippen LogP contribution in [0.25, 0.3) is 10.2 Å². The molecule has 4 nitrogen and oxygen atoms in total. The SMILES string of the molecule is O=C(NCCC#Cc1ccc2nc(Cl)sc2c1)OCc1ccccc1. The summed E-state index contributed by atoms with van der Waals surface area (Å²) in [5.41, 5.74) is 2.74. The number of carbonyl (C=O) groups excluding carboxylic acids is 1. The Labute approximate surface area is 154 Å². The number of halogens is 1. The zero-order valence-corrected chi connectivity index (χ0v) is 14.9. The van der Waals surface area contributed by atoms with Crippen LogP contribution in [0, 0.1) is 11.8 Å². The number of nitrogens with one attached hydrogen (secondary N) is 1. The first-order valence-corrected chi connectivity index (χ1v) is 8.90. The molecule has 0 saturated heterocycles. The number of ether oxygens (including phenoxy) is 1. The van der Waals surface area contributed by atoms with Gasteiger partial charge in [0.05, 0.1) is 10.2 Å². The highest BCUT2D eigenvalue weighted by Gasteiger charge is 2.02. The van der Waals surface area contributed by atoms with Crippen molar-refractivity contribution in [2.75, 3.05) is 6.54 Å². The number of nitrogens with zero attached hydrogens (tertiary/aromatic N) is 1. The van der Waals surface area contributed by atoms with Crippen LogP contribution in [0.1, 0.15) is 17.5 Å². The van der Waals surface area contributed by atoms with E-state index >= 15 is 0 Å². The molecule has 0 unspecified atom stereocenters. The van der Waals surface area contributed by atoms with Crippen LogP contribution in [-0.2, 0) is 11.3 Å². The molecule has 1 N–H and O–H groups in total. The standard InChI is InChI=1S/C19H15ClN2O2S/c20-18-22-16-10-9-14(12-17(16)25-18)6-4-5-11-21-19(23)24-13-15-7-2-1-3-8-15/h1-3,7-10,12H,5,11,13H2,(H,21,23). The topological polar surface area (TPSA) is 51.2 Å². The summed E-state index contributed by atoms with van der Waals surface area (Å²) < 4.78 is 6.67. The number of carbonyl (C=O) groups is 1. The van der Waals surface area contributed by atoms with Crippen molar-refractivity contribution in [2.24, 2.45) is 0 Å². The van der Waals surface area contributed by atoms with Crippen molar-refractivity contribution in [3.63, 3.8) is 0 Å². The molecule has 1 heterocycles. The van der Waals surface area contributed by atoms with Gasteiger partial charge in [-0.2, -0.15) is 0 Å². The van der Waals surface area contributed by atoms with Crippen molar-refractivity contribution in [3.05, 3.63) is 64.1 Å². The molecule has 0 spiro atoms.